The van der Waals surface area contributed by atoms with E-state index in [4.69, 9.17) is 4.74 Å². The highest BCUT2D eigenvalue weighted by molar-refractivity contribution is 5.75. The molecule has 25 heavy (non-hydrogen) atoms. The highest BCUT2D eigenvalue weighted by Gasteiger charge is 2.32. The molecule has 1 aliphatic heterocycles. The van der Waals surface area contributed by atoms with Crippen molar-refractivity contribution in [2.45, 2.75) is 32.4 Å². The number of hydrogen-bond donors (Lipinski definition) is 1. The number of ether oxygens (including phenoxy) is 1. The molecule has 6 nitrogen and oxygen atoms in total. The van der Waals surface area contributed by atoms with Crippen LogP contribution < -0.4 is 4.74 Å². The van der Waals surface area contributed by atoms with Gasteiger partial charge in [0.1, 0.15) is 11.3 Å². The number of aryl methyl sites for hydroxylation is 2. The number of methoxy groups -OCH3 is 1. The Bertz CT molecular complexity index is 916. The zero-order valence-corrected chi connectivity index (χ0v) is 14.7. The van der Waals surface area contributed by atoms with E-state index in [2.05, 4.69) is 20.0 Å². The number of halogens is 1. The molecular formula is C18H22FN5O. The van der Waals surface area contributed by atoms with Crippen molar-refractivity contribution in [1.29, 1.82) is 0 Å². The minimum Gasteiger partial charge on any atom is -0.481 e. The van der Waals surface area contributed by atoms with Gasteiger partial charge in [0.2, 0.25) is 5.88 Å². The number of likely N-dealkylation sites (tertiary alicyclic amines) is 1. The number of aromatic amines is 1. The fraction of sp³-hybridized carbons (Fsp3) is 0.444. The standard InChI is InChI=1S/C18H22FN5O/c1-11-16(18(25-3)23(2)22-11)14-8-5-9-24(14)10-15-20-13-7-4-6-12(19)17(13)21-15/h4,6-7,14H,5,8-10H2,1-3H3,(H,20,21)/t14-/m1/s1. The van der Waals surface area contributed by atoms with Gasteiger partial charge < -0.3 is 9.72 Å². The van der Waals surface area contributed by atoms with Crippen molar-refractivity contribution in [3.63, 3.8) is 0 Å². The molecule has 0 saturated carbocycles. The predicted octanol–water partition coefficient (Wildman–Crippen LogP) is 3.09. The van der Waals surface area contributed by atoms with E-state index in [-0.39, 0.29) is 11.9 Å². The maximum atomic E-state index is 13.9. The Balaban J connectivity index is 1.64. The number of hydrogen-bond acceptors (Lipinski definition) is 4. The third-order valence-corrected chi connectivity index (χ3v) is 4.97. The average Bonchev–Trinajstić information content (AvgIpc) is 3.25. The van der Waals surface area contributed by atoms with Crippen LogP contribution in [0.1, 0.15) is 36.0 Å². The first-order chi connectivity index (χ1) is 12.1. The fourth-order valence-electron chi connectivity index (χ4n) is 3.94. The molecule has 1 aliphatic rings. The van der Waals surface area contributed by atoms with Gasteiger partial charge in [-0.25, -0.2) is 14.1 Å². The molecule has 0 spiro atoms. The fourth-order valence-corrected chi connectivity index (χ4v) is 3.94. The van der Waals surface area contributed by atoms with Crippen molar-refractivity contribution in [3.8, 4) is 5.88 Å². The topological polar surface area (TPSA) is 59.0 Å². The minimum atomic E-state index is -0.289. The molecule has 0 bridgehead atoms. The van der Waals surface area contributed by atoms with Crippen LogP contribution in [-0.4, -0.2) is 38.3 Å². The van der Waals surface area contributed by atoms with Crippen molar-refractivity contribution in [1.82, 2.24) is 24.6 Å². The molecule has 3 heterocycles. The Kier molecular flexibility index (Phi) is 3.95. The summed E-state index contributed by atoms with van der Waals surface area (Å²) in [5.74, 6) is 1.31. The van der Waals surface area contributed by atoms with E-state index in [1.165, 1.54) is 6.07 Å². The van der Waals surface area contributed by atoms with E-state index < -0.39 is 0 Å². The van der Waals surface area contributed by atoms with Gasteiger partial charge in [-0.1, -0.05) is 6.07 Å². The summed E-state index contributed by atoms with van der Waals surface area (Å²) in [6.07, 6.45) is 2.16. The first-order valence-electron chi connectivity index (χ1n) is 8.53. The summed E-state index contributed by atoms with van der Waals surface area (Å²) in [6, 6.07) is 5.23. The summed E-state index contributed by atoms with van der Waals surface area (Å²) in [7, 11) is 3.58. The van der Waals surface area contributed by atoms with Gasteiger partial charge in [0, 0.05) is 13.1 Å². The molecule has 2 aromatic heterocycles. The van der Waals surface area contributed by atoms with Crippen molar-refractivity contribution < 1.29 is 9.13 Å². The lowest BCUT2D eigenvalue weighted by molar-refractivity contribution is 0.236. The van der Waals surface area contributed by atoms with Crippen LogP contribution in [0.5, 0.6) is 5.88 Å². The van der Waals surface area contributed by atoms with Gasteiger partial charge in [0.15, 0.2) is 5.82 Å². The van der Waals surface area contributed by atoms with Crippen molar-refractivity contribution >= 4 is 11.0 Å². The third kappa shape index (κ3) is 2.68. The second-order valence-corrected chi connectivity index (χ2v) is 6.58. The van der Waals surface area contributed by atoms with Crippen LogP contribution in [0.2, 0.25) is 0 Å². The maximum Gasteiger partial charge on any atom is 0.216 e. The van der Waals surface area contributed by atoms with Crippen LogP contribution >= 0.6 is 0 Å². The van der Waals surface area contributed by atoms with Crippen molar-refractivity contribution in [2.24, 2.45) is 7.05 Å². The number of fused-ring (bicyclic) bond motifs is 1. The lowest BCUT2D eigenvalue weighted by atomic mass is 10.1. The zero-order valence-electron chi connectivity index (χ0n) is 14.7. The highest BCUT2D eigenvalue weighted by Crippen LogP contribution is 2.39. The Labute approximate surface area is 145 Å². The number of rotatable bonds is 4. The van der Waals surface area contributed by atoms with Crippen molar-refractivity contribution in [2.75, 3.05) is 13.7 Å². The highest BCUT2D eigenvalue weighted by atomic mass is 19.1. The molecule has 1 N–H and O–H groups in total. The largest absolute Gasteiger partial charge is 0.481 e. The number of nitrogens with one attached hydrogen (secondary N) is 1. The molecule has 1 fully saturated rings. The van der Waals surface area contributed by atoms with E-state index in [0.29, 0.717) is 12.1 Å². The van der Waals surface area contributed by atoms with E-state index >= 15 is 0 Å². The molecule has 1 aromatic carbocycles. The third-order valence-electron chi connectivity index (χ3n) is 4.97. The monoisotopic (exact) mass is 343 g/mol. The van der Waals surface area contributed by atoms with Gasteiger partial charge in [0.25, 0.3) is 0 Å². The lowest BCUT2D eigenvalue weighted by Crippen LogP contribution is -2.24. The number of nitrogens with zero attached hydrogens (tertiary/aromatic N) is 4. The van der Waals surface area contributed by atoms with E-state index in [1.54, 1.807) is 17.9 Å². The smallest absolute Gasteiger partial charge is 0.216 e. The van der Waals surface area contributed by atoms with Crippen LogP contribution in [0.4, 0.5) is 4.39 Å². The Hall–Kier alpha value is -2.41. The second kappa shape index (κ2) is 6.15. The second-order valence-electron chi connectivity index (χ2n) is 6.58. The average molecular weight is 343 g/mol. The van der Waals surface area contributed by atoms with Gasteiger partial charge in [-0.15, -0.1) is 0 Å². The molecule has 0 radical (unpaired) electrons. The van der Waals surface area contributed by atoms with Gasteiger partial charge in [0.05, 0.1) is 30.4 Å². The zero-order chi connectivity index (χ0) is 17.6. The Morgan fingerprint density at radius 3 is 3.00 bits per heavy atom. The lowest BCUT2D eigenvalue weighted by Gasteiger charge is -2.24. The Morgan fingerprint density at radius 2 is 2.24 bits per heavy atom. The molecule has 1 atom stereocenters. The van der Waals surface area contributed by atoms with Crippen LogP contribution in [0, 0.1) is 12.7 Å². The summed E-state index contributed by atoms with van der Waals surface area (Å²) in [5.41, 5.74) is 3.28. The molecule has 7 heteroatoms. The molecular weight excluding hydrogens is 321 g/mol. The molecule has 0 unspecified atom stereocenters. The quantitative estimate of drug-likeness (QED) is 0.791. The van der Waals surface area contributed by atoms with Gasteiger partial charge in [-0.3, -0.25) is 4.90 Å². The van der Waals surface area contributed by atoms with E-state index in [0.717, 1.165) is 47.9 Å². The van der Waals surface area contributed by atoms with E-state index in [1.807, 2.05) is 20.0 Å². The first-order valence-corrected chi connectivity index (χ1v) is 8.53. The van der Waals surface area contributed by atoms with Crippen LogP contribution in [0.3, 0.4) is 0 Å². The summed E-state index contributed by atoms with van der Waals surface area (Å²) in [4.78, 5) is 10.1. The van der Waals surface area contributed by atoms with Gasteiger partial charge in [-0.05, 0) is 38.4 Å². The van der Waals surface area contributed by atoms with Gasteiger partial charge in [-0.2, -0.15) is 5.10 Å². The van der Waals surface area contributed by atoms with Crippen LogP contribution in [0.15, 0.2) is 18.2 Å². The normalized spacial score (nSPS) is 18.3. The number of benzene rings is 1. The van der Waals surface area contributed by atoms with Crippen molar-refractivity contribution in [3.05, 3.63) is 41.1 Å². The summed E-state index contributed by atoms with van der Waals surface area (Å²) in [6.45, 7) is 3.64. The molecule has 132 valence electrons. The maximum absolute atomic E-state index is 13.9. The number of para-hydroxylation sites is 1. The predicted molar refractivity (Wildman–Crippen MR) is 92.9 cm³/mol. The molecule has 4 rings (SSSR count). The van der Waals surface area contributed by atoms with Crippen LogP contribution in [-0.2, 0) is 13.6 Å². The summed E-state index contributed by atoms with van der Waals surface area (Å²) >= 11 is 0. The number of imidazole rings is 1. The van der Waals surface area contributed by atoms with Crippen LogP contribution in [0.25, 0.3) is 11.0 Å². The molecule has 1 saturated heterocycles. The summed E-state index contributed by atoms with van der Waals surface area (Å²) < 4.78 is 21.2. The summed E-state index contributed by atoms with van der Waals surface area (Å²) in [5, 5.41) is 4.51. The first kappa shape index (κ1) is 16.1. The number of H-pyrrole nitrogens is 1. The minimum absolute atomic E-state index is 0.238. The molecule has 0 aliphatic carbocycles. The molecule has 0 amide bonds. The SMILES string of the molecule is COc1c([C@H]2CCCN2Cc2nc3c(F)cccc3[nH]2)c(C)nn1C. The van der Waals surface area contributed by atoms with E-state index in [9.17, 15) is 4.39 Å². The van der Waals surface area contributed by atoms with Gasteiger partial charge >= 0.3 is 0 Å². The number of aromatic nitrogens is 4. The molecule has 3 aromatic rings. The Morgan fingerprint density at radius 1 is 1.40 bits per heavy atom.